The van der Waals surface area contributed by atoms with Gasteiger partial charge in [-0.1, -0.05) is 0 Å². The van der Waals surface area contributed by atoms with Gasteiger partial charge >= 0.3 is 5.97 Å². The van der Waals surface area contributed by atoms with Gasteiger partial charge in [0.15, 0.2) is 5.78 Å². The van der Waals surface area contributed by atoms with Crippen LogP contribution in [0.15, 0.2) is 33.7 Å². The van der Waals surface area contributed by atoms with E-state index in [1.165, 1.54) is 6.07 Å². The van der Waals surface area contributed by atoms with E-state index in [4.69, 9.17) is 9.15 Å². The molecule has 0 saturated carbocycles. The van der Waals surface area contributed by atoms with E-state index in [0.717, 1.165) is 0 Å². The molecule has 6 nitrogen and oxygen atoms in total. The zero-order valence-corrected chi connectivity index (χ0v) is 12.0. The molecular weight excluding hydrogens is 286 g/mol. The van der Waals surface area contributed by atoms with Crippen LogP contribution >= 0.6 is 0 Å². The van der Waals surface area contributed by atoms with Crippen molar-refractivity contribution in [2.45, 2.75) is 25.7 Å². The summed E-state index contributed by atoms with van der Waals surface area (Å²) in [6, 6.07) is 4.92. The quantitative estimate of drug-likeness (QED) is 0.876. The molecule has 0 bridgehead atoms. The Balaban J connectivity index is 1.98. The SMILES string of the molecule is CCOC(=O)c1cc2c([nH]c1=O)CC(c1ccco1)CC2=O. The molecule has 0 aliphatic heterocycles. The number of H-pyrrole nitrogens is 1. The number of aromatic amines is 1. The molecule has 0 fully saturated rings. The highest BCUT2D eigenvalue weighted by atomic mass is 16.5. The van der Waals surface area contributed by atoms with Gasteiger partial charge in [0.05, 0.1) is 12.9 Å². The highest BCUT2D eigenvalue weighted by Crippen LogP contribution is 2.31. The molecule has 1 atom stereocenters. The Kier molecular flexibility index (Phi) is 3.66. The predicted octanol–water partition coefficient (Wildman–Crippen LogP) is 2.06. The number of ketones is 1. The standard InChI is InChI=1S/C16H15NO5/c1-2-21-16(20)11-8-10-12(17-15(11)19)6-9(7-13(10)18)14-4-3-5-22-14/h3-5,8-9H,2,6-7H2,1H3,(H,17,19). The number of carbonyl (C=O) groups excluding carboxylic acids is 2. The zero-order chi connectivity index (χ0) is 15.7. The normalized spacial score (nSPS) is 17.1. The van der Waals surface area contributed by atoms with Gasteiger partial charge in [-0.15, -0.1) is 0 Å². The number of rotatable bonds is 3. The topological polar surface area (TPSA) is 89.4 Å². The Labute approximate surface area is 126 Å². The van der Waals surface area contributed by atoms with Crippen molar-refractivity contribution >= 4 is 11.8 Å². The molecule has 2 heterocycles. The molecule has 0 saturated heterocycles. The van der Waals surface area contributed by atoms with Crippen LogP contribution in [0.3, 0.4) is 0 Å². The first kappa shape index (κ1) is 14.3. The molecule has 2 aromatic heterocycles. The monoisotopic (exact) mass is 301 g/mol. The fourth-order valence-corrected chi connectivity index (χ4v) is 2.72. The van der Waals surface area contributed by atoms with Crippen LogP contribution in [0.4, 0.5) is 0 Å². The van der Waals surface area contributed by atoms with Crippen LogP contribution in [0, 0.1) is 0 Å². The van der Waals surface area contributed by atoms with Crippen molar-refractivity contribution in [3.8, 4) is 0 Å². The van der Waals surface area contributed by atoms with Crippen molar-refractivity contribution < 1.29 is 18.7 Å². The molecule has 1 aliphatic carbocycles. The van der Waals surface area contributed by atoms with Gasteiger partial charge in [-0.2, -0.15) is 0 Å². The summed E-state index contributed by atoms with van der Waals surface area (Å²) in [6.07, 6.45) is 2.34. The molecule has 22 heavy (non-hydrogen) atoms. The summed E-state index contributed by atoms with van der Waals surface area (Å²) >= 11 is 0. The van der Waals surface area contributed by atoms with Gasteiger partial charge in [-0.3, -0.25) is 9.59 Å². The predicted molar refractivity (Wildman–Crippen MR) is 77.1 cm³/mol. The van der Waals surface area contributed by atoms with Crippen LogP contribution in [0.5, 0.6) is 0 Å². The number of ether oxygens (including phenoxy) is 1. The summed E-state index contributed by atoms with van der Waals surface area (Å²) < 4.78 is 10.2. The summed E-state index contributed by atoms with van der Waals surface area (Å²) in [5.41, 5.74) is 0.247. The Morgan fingerprint density at radius 3 is 2.91 bits per heavy atom. The van der Waals surface area contributed by atoms with E-state index in [2.05, 4.69) is 4.98 Å². The maximum atomic E-state index is 12.3. The molecule has 0 amide bonds. The third-order valence-corrected chi connectivity index (χ3v) is 3.75. The third-order valence-electron chi connectivity index (χ3n) is 3.75. The minimum absolute atomic E-state index is 0.0981. The van der Waals surface area contributed by atoms with Gasteiger partial charge in [0.1, 0.15) is 11.3 Å². The van der Waals surface area contributed by atoms with E-state index in [-0.39, 0.29) is 30.3 Å². The highest BCUT2D eigenvalue weighted by Gasteiger charge is 2.30. The van der Waals surface area contributed by atoms with E-state index < -0.39 is 11.5 Å². The fraction of sp³-hybridized carbons (Fsp3) is 0.312. The van der Waals surface area contributed by atoms with Gasteiger partial charge < -0.3 is 14.1 Å². The Bertz CT molecular complexity index is 772. The summed E-state index contributed by atoms with van der Waals surface area (Å²) in [5.74, 6) is -0.217. The number of carbonyl (C=O) groups is 2. The van der Waals surface area contributed by atoms with E-state index in [1.54, 1.807) is 19.3 Å². The highest BCUT2D eigenvalue weighted by molar-refractivity contribution is 6.01. The molecule has 114 valence electrons. The first-order valence-corrected chi connectivity index (χ1v) is 7.10. The van der Waals surface area contributed by atoms with E-state index in [0.29, 0.717) is 23.4 Å². The van der Waals surface area contributed by atoms with E-state index >= 15 is 0 Å². The average molecular weight is 301 g/mol. The van der Waals surface area contributed by atoms with Crippen LogP contribution in [0.25, 0.3) is 0 Å². The molecule has 1 aliphatic rings. The number of pyridine rings is 1. The van der Waals surface area contributed by atoms with Gasteiger partial charge in [0.2, 0.25) is 0 Å². The molecule has 0 aromatic carbocycles. The molecule has 2 aromatic rings. The van der Waals surface area contributed by atoms with Gasteiger partial charge in [-0.25, -0.2) is 4.79 Å². The summed E-state index contributed by atoms with van der Waals surface area (Å²) in [4.78, 5) is 38.7. The second-order valence-electron chi connectivity index (χ2n) is 5.17. The minimum atomic E-state index is -0.715. The fourth-order valence-electron chi connectivity index (χ4n) is 2.72. The van der Waals surface area contributed by atoms with Gasteiger partial charge in [0, 0.05) is 23.6 Å². The van der Waals surface area contributed by atoms with Crippen LogP contribution in [0.2, 0.25) is 0 Å². The van der Waals surface area contributed by atoms with Crippen molar-refractivity contribution in [3.05, 3.63) is 57.4 Å². The molecule has 0 radical (unpaired) electrons. The second kappa shape index (κ2) is 5.63. The van der Waals surface area contributed by atoms with E-state index in [9.17, 15) is 14.4 Å². The molecule has 6 heteroatoms. The van der Waals surface area contributed by atoms with Crippen LogP contribution < -0.4 is 5.56 Å². The first-order valence-electron chi connectivity index (χ1n) is 7.10. The number of hydrogen-bond donors (Lipinski definition) is 1. The molecule has 0 spiro atoms. The van der Waals surface area contributed by atoms with Gasteiger partial charge in [-0.05, 0) is 31.5 Å². The van der Waals surface area contributed by atoms with Crippen LogP contribution in [-0.2, 0) is 11.2 Å². The molecule has 3 rings (SSSR count). The zero-order valence-electron chi connectivity index (χ0n) is 12.0. The second-order valence-corrected chi connectivity index (χ2v) is 5.17. The number of esters is 1. The molecular formula is C16H15NO5. The Hall–Kier alpha value is -2.63. The number of nitrogens with one attached hydrogen (secondary N) is 1. The Morgan fingerprint density at radius 1 is 1.41 bits per heavy atom. The van der Waals surface area contributed by atoms with E-state index in [1.807, 2.05) is 6.07 Å². The summed E-state index contributed by atoms with van der Waals surface area (Å²) in [5, 5.41) is 0. The lowest BCUT2D eigenvalue weighted by Gasteiger charge is -2.22. The summed E-state index contributed by atoms with van der Waals surface area (Å²) in [6.45, 7) is 1.83. The lowest BCUT2D eigenvalue weighted by molar-refractivity contribution is 0.0524. The minimum Gasteiger partial charge on any atom is -0.469 e. The van der Waals surface area contributed by atoms with Crippen molar-refractivity contribution in [1.82, 2.24) is 4.98 Å². The number of fused-ring (bicyclic) bond motifs is 1. The Morgan fingerprint density at radius 2 is 2.23 bits per heavy atom. The third kappa shape index (κ3) is 2.47. The average Bonchev–Trinajstić information content (AvgIpc) is 3.00. The maximum absolute atomic E-state index is 12.3. The smallest absolute Gasteiger partial charge is 0.343 e. The summed E-state index contributed by atoms with van der Waals surface area (Å²) in [7, 11) is 0. The number of furan rings is 1. The van der Waals surface area contributed by atoms with Crippen LogP contribution in [0.1, 0.15) is 51.4 Å². The number of hydrogen-bond acceptors (Lipinski definition) is 5. The van der Waals surface area contributed by atoms with Crippen molar-refractivity contribution in [3.63, 3.8) is 0 Å². The van der Waals surface area contributed by atoms with Gasteiger partial charge in [0.25, 0.3) is 5.56 Å². The largest absolute Gasteiger partial charge is 0.469 e. The van der Waals surface area contributed by atoms with Crippen molar-refractivity contribution in [2.24, 2.45) is 0 Å². The first-order chi connectivity index (χ1) is 10.6. The number of Topliss-reactive ketones (excluding diaryl/α,β-unsaturated/α-hetero) is 1. The van der Waals surface area contributed by atoms with Crippen molar-refractivity contribution in [1.29, 1.82) is 0 Å². The van der Waals surface area contributed by atoms with Crippen LogP contribution in [-0.4, -0.2) is 23.3 Å². The molecule has 1 unspecified atom stereocenters. The lowest BCUT2D eigenvalue weighted by atomic mass is 9.84. The van der Waals surface area contributed by atoms with Crippen molar-refractivity contribution in [2.75, 3.05) is 6.61 Å². The molecule has 1 N–H and O–H groups in total. The maximum Gasteiger partial charge on any atom is 0.343 e. The number of aromatic nitrogens is 1. The lowest BCUT2D eigenvalue weighted by Crippen LogP contribution is -2.27.